The minimum Gasteiger partial charge on any atom is -0.364 e. The van der Waals surface area contributed by atoms with Crippen LogP contribution in [0.3, 0.4) is 0 Å². The third kappa shape index (κ3) is 3.79. The lowest BCUT2D eigenvalue weighted by Crippen LogP contribution is -2.55. The van der Waals surface area contributed by atoms with Crippen molar-refractivity contribution in [2.75, 3.05) is 32.7 Å². The Labute approximate surface area is 143 Å². The molecule has 0 atom stereocenters. The van der Waals surface area contributed by atoms with Gasteiger partial charge in [0.15, 0.2) is 0 Å². The fourth-order valence-corrected chi connectivity index (χ4v) is 4.45. The molecule has 8 nitrogen and oxygen atoms in total. The summed E-state index contributed by atoms with van der Waals surface area (Å²) >= 11 is 0. The Bertz CT molecular complexity index is 624. The molecular formula is C15H26N4O4S. The van der Waals surface area contributed by atoms with E-state index in [0.717, 1.165) is 0 Å². The molecular weight excluding hydrogens is 332 g/mol. The van der Waals surface area contributed by atoms with Crippen LogP contribution < -0.4 is 5.73 Å². The first-order chi connectivity index (χ1) is 11.4. The average Bonchev–Trinajstić information content (AvgIpc) is 3.09. The van der Waals surface area contributed by atoms with E-state index >= 15 is 0 Å². The third-order valence-electron chi connectivity index (χ3n) is 4.94. The van der Waals surface area contributed by atoms with Crippen molar-refractivity contribution in [2.24, 2.45) is 11.1 Å². The molecule has 2 rings (SSSR count). The number of carbonyl (C=O) groups excluding carboxylic acids is 1. The predicted octanol–water partition coefficient (Wildman–Crippen LogP) is 0.414. The predicted molar refractivity (Wildman–Crippen MR) is 89.3 cm³/mol. The maximum absolute atomic E-state index is 12.8. The highest BCUT2D eigenvalue weighted by Gasteiger charge is 2.39. The zero-order chi connectivity index (χ0) is 17.8. The summed E-state index contributed by atoms with van der Waals surface area (Å²) < 4.78 is 30.9. The van der Waals surface area contributed by atoms with Crippen molar-refractivity contribution < 1.29 is 17.7 Å². The van der Waals surface area contributed by atoms with Crippen LogP contribution in [0.1, 0.15) is 32.4 Å². The quantitative estimate of drug-likeness (QED) is 0.756. The Morgan fingerprint density at radius 2 is 1.92 bits per heavy atom. The minimum absolute atomic E-state index is 0.0311. The number of rotatable bonds is 7. The normalized spacial score (nSPS) is 17.2. The van der Waals surface area contributed by atoms with Crippen LogP contribution in [0, 0.1) is 5.41 Å². The van der Waals surface area contributed by atoms with Gasteiger partial charge in [0.25, 0.3) is 0 Å². The fraction of sp³-hybridized carbons (Fsp3) is 0.733. The van der Waals surface area contributed by atoms with E-state index in [9.17, 15) is 13.2 Å². The van der Waals surface area contributed by atoms with E-state index < -0.39 is 15.4 Å². The summed E-state index contributed by atoms with van der Waals surface area (Å²) in [5.41, 5.74) is 5.68. The molecule has 0 saturated carbocycles. The van der Waals surface area contributed by atoms with Gasteiger partial charge in [0.1, 0.15) is 12.0 Å². The molecule has 2 N–H and O–H groups in total. The molecule has 136 valence electrons. The molecule has 1 aliphatic heterocycles. The third-order valence-corrected chi connectivity index (χ3v) is 6.75. The van der Waals surface area contributed by atoms with Crippen molar-refractivity contribution >= 4 is 15.9 Å². The van der Waals surface area contributed by atoms with Crippen molar-refractivity contribution in [3.63, 3.8) is 0 Å². The van der Waals surface area contributed by atoms with Crippen LogP contribution in [0.25, 0.3) is 0 Å². The second kappa shape index (κ2) is 7.62. The Morgan fingerprint density at radius 1 is 1.29 bits per heavy atom. The van der Waals surface area contributed by atoms with E-state index in [1.165, 1.54) is 16.6 Å². The first-order valence-electron chi connectivity index (χ1n) is 8.25. The van der Waals surface area contributed by atoms with Crippen LogP contribution in [0.2, 0.25) is 0 Å². The van der Waals surface area contributed by atoms with E-state index in [-0.39, 0.29) is 11.7 Å². The van der Waals surface area contributed by atoms with Gasteiger partial charge < -0.3 is 15.2 Å². The Hall–Kier alpha value is -1.45. The molecule has 9 heteroatoms. The summed E-state index contributed by atoms with van der Waals surface area (Å²) in [5.74, 6) is -0.155. The molecule has 1 amide bonds. The summed E-state index contributed by atoms with van der Waals surface area (Å²) in [5, 5.41) is 3.65. The molecule has 1 aromatic rings. The molecule has 1 fully saturated rings. The molecule has 0 unspecified atom stereocenters. The maximum atomic E-state index is 12.8. The van der Waals surface area contributed by atoms with Crippen LogP contribution in [0.4, 0.5) is 0 Å². The second-order valence-corrected chi connectivity index (χ2v) is 8.10. The molecule has 1 saturated heterocycles. The largest absolute Gasteiger partial charge is 0.364 e. The molecule has 0 aromatic carbocycles. The number of hydrogen-bond donors (Lipinski definition) is 1. The smallest absolute Gasteiger partial charge is 0.230 e. The van der Waals surface area contributed by atoms with Crippen LogP contribution >= 0.6 is 0 Å². The number of sulfonamides is 1. The summed E-state index contributed by atoms with van der Waals surface area (Å²) in [6, 6.07) is 1.54. The van der Waals surface area contributed by atoms with E-state index in [1.807, 2.05) is 13.8 Å². The van der Waals surface area contributed by atoms with Crippen molar-refractivity contribution in [3.8, 4) is 0 Å². The molecule has 1 aliphatic rings. The van der Waals surface area contributed by atoms with Gasteiger partial charge in [-0.25, -0.2) is 8.42 Å². The Morgan fingerprint density at radius 3 is 2.38 bits per heavy atom. The molecule has 0 bridgehead atoms. The molecule has 0 spiro atoms. The second-order valence-electron chi connectivity index (χ2n) is 6.13. The number of amides is 1. The first-order valence-corrected chi connectivity index (χ1v) is 9.86. The van der Waals surface area contributed by atoms with Gasteiger partial charge in [-0.15, -0.1) is 0 Å². The molecule has 2 heterocycles. The van der Waals surface area contributed by atoms with Crippen molar-refractivity contribution in [1.29, 1.82) is 0 Å². The Balaban J connectivity index is 1.99. The monoisotopic (exact) mass is 358 g/mol. The maximum Gasteiger partial charge on any atom is 0.230 e. The first kappa shape index (κ1) is 18.9. The molecule has 0 radical (unpaired) electrons. The average molecular weight is 358 g/mol. The number of aromatic nitrogens is 1. The highest BCUT2D eigenvalue weighted by atomic mass is 32.2. The van der Waals surface area contributed by atoms with Crippen molar-refractivity contribution in [1.82, 2.24) is 14.4 Å². The lowest BCUT2D eigenvalue weighted by molar-refractivity contribution is -0.143. The fourth-order valence-electron chi connectivity index (χ4n) is 3.02. The van der Waals surface area contributed by atoms with E-state index in [2.05, 4.69) is 9.68 Å². The van der Waals surface area contributed by atoms with Gasteiger partial charge in [0.05, 0.1) is 11.1 Å². The summed E-state index contributed by atoms with van der Waals surface area (Å²) in [7, 11) is -3.46. The highest BCUT2D eigenvalue weighted by Crippen LogP contribution is 2.28. The van der Waals surface area contributed by atoms with Crippen molar-refractivity contribution in [3.05, 3.63) is 18.0 Å². The van der Waals surface area contributed by atoms with Gasteiger partial charge in [-0.1, -0.05) is 19.0 Å². The van der Waals surface area contributed by atoms with Gasteiger partial charge >= 0.3 is 0 Å². The zero-order valence-corrected chi connectivity index (χ0v) is 15.1. The standard InChI is InChI=1S/C15H26N4O4S/c1-3-15(4-2,12-16)14(20)18-6-8-19(9-7-18)24(21,22)11-13-5-10-23-17-13/h5,10H,3-4,6-9,11-12,16H2,1-2H3. The number of nitrogens with two attached hydrogens (primary N) is 1. The molecule has 24 heavy (non-hydrogen) atoms. The molecule has 0 aliphatic carbocycles. The van der Waals surface area contributed by atoms with Gasteiger partial charge in [-0.3, -0.25) is 4.79 Å². The highest BCUT2D eigenvalue weighted by molar-refractivity contribution is 7.88. The SMILES string of the molecule is CCC(CC)(CN)C(=O)N1CCN(S(=O)(=O)Cc2ccon2)CC1. The number of carbonyl (C=O) groups is 1. The van der Waals surface area contributed by atoms with E-state index in [4.69, 9.17) is 5.73 Å². The Kier molecular flexibility index (Phi) is 6.00. The number of piperazine rings is 1. The minimum atomic E-state index is -3.46. The van der Waals surface area contributed by atoms with Gasteiger partial charge in [0, 0.05) is 38.8 Å². The number of nitrogens with zero attached hydrogens (tertiary/aromatic N) is 3. The van der Waals surface area contributed by atoms with Crippen LogP contribution in [-0.4, -0.2) is 61.4 Å². The van der Waals surface area contributed by atoms with Crippen LogP contribution in [-0.2, 0) is 20.6 Å². The van der Waals surface area contributed by atoms with E-state index in [1.54, 1.807) is 4.90 Å². The summed E-state index contributed by atoms with van der Waals surface area (Å²) in [4.78, 5) is 14.5. The van der Waals surface area contributed by atoms with Crippen LogP contribution in [0.5, 0.6) is 0 Å². The zero-order valence-electron chi connectivity index (χ0n) is 14.3. The molecule has 1 aromatic heterocycles. The van der Waals surface area contributed by atoms with Crippen molar-refractivity contribution in [2.45, 2.75) is 32.4 Å². The van der Waals surface area contributed by atoms with Crippen LogP contribution in [0.15, 0.2) is 16.9 Å². The lowest BCUT2D eigenvalue weighted by atomic mass is 9.81. The lowest BCUT2D eigenvalue weighted by Gasteiger charge is -2.39. The number of hydrogen-bond acceptors (Lipinski definition) is 6. The summed E-state index contributed by atoms with van der Waals surface area (Å²) in [6.07, 6.45) is 2.72. The summed E-state index contributed by atoms with van der Waals surface area (Å²) in [6.45, 7) is 5.60. The van der Waals surface area contributed by atoms with Gasteiger partial charge in [0.2, 0.25) is 15.9 Å². The van der Waals surface area contributed by atoms with E-state index in [0.29, 0.717) is 51.3 Å². The van der Waals surface area contributed by atoms with Gasteiger partial charge in [-0.05, 0) is 12.8 Å². The topological polar surface area (TPSA) is 110 Å². The van der Waals surface area contributed by atoms with Gasteiger partial charge in [-0.2, -0.15) is 4.31 Å².